The lowest BCUT2D eigenvalue weighted by Gasteiger charge is -2.21. The standard InChI is InChI=1S/C15H22N2O.ClH/c1-12-5-3-4-6-13(12)7-9-17-14(18)15(2)8-10-16-11-15;/h3-6,16H,7-11H2,1-2H3,(H,17,18);1H. The van der Waals surface area contributed by atoms with E-state index in [0.717, 1.165) is 32.5 Å². The SMILES string of the molecule is Cc1ccccc1CCNC(=O)C1(C)CCNC1.Cl. The van der Waals surface area contributed by atoms with Crippen molar-refractivity contribution in [3.8, 4) is 0 Å². The number of nitrogens with one attached hydrogen (secondary N) is 2. The number of halogens is 1. The number of benzene rings is 1. The maximum Gasteiger partial charge on any atom is 0.227 e. The monoisotopic (exact) mass is 282 g/mol. The fraction of sp³-hybridized carbons (Fsp3) is 0.533. The largest absolute Gasteiger partial charge is 0.355 e. The Morgan fingerprint density at radius 2 is 2.16 bits per heavy atom. The Hall–Kier alpha value is -1.06. The van der Waals surface area contributed by atoms with Gasteiger partial charge in [-0.15, -0.1) is 12.4 Å². The quantitative estimate of drug-likeness (QED) is 0.888. The van der Waals surface area contributed by atoms with Gasteiger partial charge in [-0.2, -0.15) is 0 Å². The number of carbonyl (C=O) groups excluding carboxylic acids is 1. The van der Waals surface area contributed by atoms with Crippen LogP contribution in [0.3, 0.4) is 0 Å². The summed E-state index contributed by atoms with van der Waals surface area (Å²) in [6, 6.07) is 8.33. The zero-order valence-corrected chi connectivity index (χ0v) is 12.5. The molecule has 1 aromatic carbocycles. The van der Waals surface area contributed by atoms with E-state index in [-0.39, 0.29) is 23.7 Å². The average Bonchev–Trinajstić information content (AvgIpc) is 2.80. The Morgan fingerprint density at radius 3 is 2.79 bits per heavy atom. The number of amides is 1. The molecule has 1 unspecified atom stereocenters. The third kappa shape index (κ3) is 3.95. The van der Waals surface area contributed by atoms with Gasteiger partial charge in [0.25, 0.3) is 0 Å². The maximum atomic E-state index is 12.1. The van der Waals surface area contributed by atoms with Crippen molar-refractivity contribution in [2.45, 2.75) is 26.7 Å². The lowest BCUT2D eigenvalue weighted by Crippen LogP contribution is -2.41. The molecular formula is C15H23ClN2O. The van der Waals surface area contributed by atoms with E-state index in [4.69, 9.17) is 0 Å². The predicted octanol–water partition coefficient (Wildman–Crippen LogP) is 2.08. The minimum atomic E-state index is -0.217. The highest BCUT2D eigenvalue weighted by Gasteiger charge is 2.35. The van der Waals surface area contributed by atoms with Gasteiger partial charge in [0.2, 0.25) is 5.91 Å². The molecule has 0 radical (unpaired) electrons. The molecule has 1 aliphatic rings. The molecule has 0 aromatic heterocycles. The van der Waals surface area contributed by atoms with Crippen molar-refractivity contribution in [3.63, 3.8) is 0 Å². The van der Waals surface area contributed by atoms with Crippen LogP contribution in [0.15, 0.2) is 24.3 Å². The van der Waals surface area contributed by atoms with Crippen LogP contribution in [-0.2, 0) is 11.2 Å². The first-order valence-electron chi connectivity index (χ1n) is 6.65. The Balaban J connectivity index is 0.00000180. The molecule has 2 rings (SSSR count). The van der Waals surface area contributed by atoms with Crippen LogP contribution in [-0.4, -0.2) is 25.5 Å². The zero-order valence-electron chi connectivity index (χ0n) is 11.7. The first kappa shape index (κ1) is 16.0. The Kier molecular flexibility index (Phi) is 5.83. The van der Waals surface area contributed by atoms with Crippen LogP contribution in [0, 0.1) is 12.3 Å². The molecule has 1 saturated heterocycles. The molecule has 2 N–H and O–H groups in total. The van der Waals surface area contributed by atoms with Crippen molar-refractivity contribution < 1.29 is 4.79 Å². The van der Waals surface area contributed by atoms with E-state index in [2.05, 4.69) is 29.7 Å². The molecule has 0 spiro atoms. The van der Waals surface area contributed by atoms with Gasteiger partial charge in [0.1, 0.15) is 0 Å². The van der Waals surface area contributed by atoms with E-state index in [1.807, 2.05) is 19.1 Å². The summed E-state index contributed by atoms with van der Waals surface area (Å²) >= 11 is 0. The van der Waals surface area contributed by atoms with Gasteiger partial charge in [-0.1, -0.05) is 24.3 Å². The van der Waals surface area contributed by atoms with Crippen molar-refractivity contribution in [1.82, 2.24) is 10.6 Å². The van der Waals surface area contributed by atoms with Crippen molar-refractivity contribution in [2.75, 3.05) is 19.6 Å². The molecule has 1 aliphatic heterocycles. The summed E-state index contributed by atoms with van der Waals surface area (Å²) in [5.74, 6) is 0.182. The van der Waals surface area contributed by atoms with E-state index in [0.29, 0.717) is 0 Å². The Bertz CT molecular complexity index is 428. The molecule has 4 heteroatoms. The minimum absolute atomic E-state index is 0. The fourth-order valence-corrected chi connectivity index (χ4v) is 2.43. The van der Waals surface area contributed by atoms with Crippen molar-refractivity contribution >= 4 is 18.3 Å². The average molecular weight is 283 g/mol. The Labute approximate surface area is 121 Å². The fourth-order valence-electron chi connectivity index (χ4n) is 2.43. The van der Waals surface area contributed by atoms with Crippen LogP contribution < -0.4 is 10.6 Å². The molecule has 1 aromatic rings. The topological polar surface area (TPSA) is 41.1 Å². The van der Waals surface area contributed by atoms with Gasteiger partial charge < -0.3 is 10.6 Å². The summed E-state index contributed by atoms with van der Waals surface area (Å²) in [4.78, 5) is 12.1. The molecule has 1 amide bonds. The summed E-state index contributed by atoms with van der Waals surface area (Å²) in [6.07, 6.45) is 1.84. The summed E-state index contributed by atoms with van der Waals surface area (Å²) in [6.45, 7) is 6.61. The molecule has 0 saturated carbocycles. The molecule has 0 bridgehead atoms. The highest BCUT2D eigenvalue weighted by atomic mass is 35.5. The van der Waals surface area contributed by atoms with Gasteiger partial charge in [0.15, 0.2) is 0 Å². The lowest BCUT2D eigenvalue weighted by atomic mass is 9.89. The normalized spacial score (nSPS) is 21.8. The lowest BCUT2D eigenvalue weighted by molar-refractivity contribution is -0.129. The predicted molar refractivity (Wildman–Crippen MR) is 80.7 cm³/mol. The van der Waals surface area contributed by atoms with E-state index in [1.165, 1.54) is 11.1 Å². The molecule has 1 atom stereocenters. The summed E-state index contributed by atoms with van der Waals surface area (Å²) in [5, 5.41) is 6.31. The zero-order chi connectivity index (χ0) is 13.0. The molecule has 0 aliphatic carbocycles. The van der Waals surface area contributed by atoms with Gasteiger partial charge in [0, 0.05) is 13.1 Å². The van der Waals surface area contributed by atoms with Crippen LogP contribution in [0.2, 0.25) is 0 Å². The summed E-state index contributed by atoms with van der Waals surface area (Å²) < 4.78 is 0. The first-order chi connectivity index (χ1) is 8.62. The van der Waals surface area contributed by atoms with Crippen LogP contribution >= 0.6 is 12.4 Å². The van der Waals surface area contributed by atoms with Crippen molar-refractivity contribution in [3.05, 3.63) is 35.4 Å². The molecular weight excluding hydrogens is 260 g/mol. The van der Waals surface area contributed by atoms with Gasteiger partial charge in [-0.05, 0) is 44.4 Å². The number of hydrogen-bond donors (Lipinski definition) is 2. The highest BCUT2D eigenvalue weighted by molar-refractivity contribution is 5.85. The third-order valence-corrected chi connectivity index (χ3v) is 3.86. The molecule has 1 heterocycles. The smallest absolute Gasteiger partial charge is 0.227 e. The second-order valence-corrected chi connectivity index (χ2v) is 5.42. The minimum Gasteiger partial charge on any atom is -0.355 e. The van der Waals surface area contributed by atoms with Crippen molar-refractivity contribution in [1.29, 1.82) is 0 Å². The van der Waals surface area contributed by atoms with E-state index < -0.39 is 0 Å². The Morgan fingerprint density at radius 1 is 1.42 bits per heavy atom. The van der Waals surface area contributed by atoms with Crippen LogP contribution in [0.4, 0.5) is 0 Å². The van der Waals surface area contributed by atoms with Gasteiger partial charge in [0.05, 0.1) is 5.41 Å². The third-order valence-electron chi connectivity index (χ3n) is 3.86. The molecule has 3 nitrogen and oxygen atoms in total. The summed E-state index contributed by atoms with van der Waals surface area (Å²) in [7, 11) is 0. The maximum absolute atomic E-state index is 12.1. The van der Waals surface area contributed by atoms with Gasteiger partial charge in [-0.3, -0.25) is 4.79 Å². The van der Waals surface area contributed by atoms with E-state index in [1.54, 1.807) is 0 Å². The number of hydrogen-bond acceptors (Lipinski definition) is 2. The van der Waals surface area contributed by atoms with Gasteiger partial charge in [-0.25, -0.2) is 0 Å². The number of carbonyl (C=O) groups is 1. The first-order valence-corrected chi connectivity index (χ1v) is 6.65. The van der Waals surface area contributed by atoms with Crippen molar-refractivity contribution in [2.24, 2.45) is 5.41 Å². The molecule has 1 fully saturated rings. The number of rotatable bonds is 4. The number of aryl methyl sites for hydroxylation is 1. The van der Waals surface area contributed by atoms with Crippen LogP contribution in [0.1, 0.15) is 24.5 Å². The van der Waals surface area contributed by atoms with E-state index in [9.17, 15) is 4.79 Å². The molecule has 19 heavy (non-hydrogen) atoms. The highest BCUT2D eigenvalue weighted by Crippen LogP contribution is 2.24. The van der Waals surface area contributed by atoms with Crippen LogP contribution in [0.25, 0.3) is 0 Å². The van der Waals surface area contributed by atoms with Gasteiger partial charge >= 0.3 is 0 Å². The second kappa shape index (κ2) is 6.92. The second-order valence-electron chi connectivity index (χ2n) is 5.42. The molecule has 106 valence electrons. The van der Waals surface area contributed by atoms with E-state index >= 15 is 0 Å². The summed E-state index contributed by atoms with van der Waals surface area (Å²) in [5.41, 5.74) is 2.39. The van der Waals surface area contributed by atoms with Crippen LogP contribution in [0.5, 0.6) is 0 Å².